The number of carboxylic acid groups (broad SMARTS) is 1. The van der Waals surface area contributed by atoms with E-state index in [4.69, 9.17) is 14.6 Å². The van der Waals surface area contributed by atoms with Crippen molar-refractivity contribution in [2.24, 2.45) is 5.92 Å². The molecule has 4 unspecified atom stereocenters. The van der Waals surface area contributed by atoms with Crippen molar-refractivity contribution in [2.45, 2.75) is 57.0 Å². The molecule has 7 heteroatoms. The number of carbonyl (C=O) groups is 1. The molecule has 3 rings (SSSR count). The van der Waals surface area contributed by atoms with Crippen LogP contribution in [-0.4, -0.2) is 65.6 Å². The van der Waals surface area contributed by atoms with Gasteiger partial charge in [-0.05, 0) is 41.7 Å². The summed E-state index contributed by atoms with van der Waals surface area (Å²) < 4.78 is 11.7. The fourth-order valence-corrected chi connectivity index (χ4v) is 4.90. The van der Waals surface area contributed by atoms with Gasteiger partial charge < -0.3 is 19.7 Å². The normalized spacial score (nSPS) is 28.9. The molecular weight excluding hydrogens is 378 g/mol. The number of hydrogen-bond donors (Lipinski definition) is 2. The number of unbranched alkanes of at least 4 members (excludes halogenated alkanes) is 1. The van der Waals surface area contributed by atoms with Crippen LogP contribution in [0.15, 0.2) is 29.0 Å². The first-order chi connectivity index (χ1) is 13.6. The molecule has 1 aliphatic heterocycles. The third kappa shape index (κ3) is 6.12. The Balaban J connectivity index is 1.60. The van der Waals surface area contributed by atoms with Gasteiger partial charge in [0.1, 0.15) is 0 Å². The molecule has 6 nitrogen and oxygen atoms in total. The molecule has 0 radical (unpaired) electrons. The molecule has 28 heavy (non-hydrogen) atoms. The van der Waals surface area contributed by atoms with Crippen LogP contribution in [0.3, 0.4) is 0 Å². The number of allylic oxidation sites excluding steroid dienone is 2. The second-order valence-electron chi connectivity index (χ2n) is 7.58. The minimum absolute atomic E-state index is 0.0198. The predicted octanol–water partition coefficient (Wildman–Crippen LogP) is 2.92. The SMILES string of the molecule is O=C(O)CCCC=CCC1C(OCc2ccsc2)CC(O)C1N1CCOCC1. The van der Waals surface area contributed by atoms with E-state index < -0.39 is 12.1 Å². The lowest BCUT2D eigenvalue weighted by molar-refractivity contribution is -0.137. The van der Waals surface area contributed by atoms with Crippen LogP contribution in [0.25, 0.3) is 0 Å². The largest absolute Gasteiger partial charge is 0.481 e. The number of aliphatic carboxylic acids is 1. The van der Waals surface area contributed by atoms with Gasteiger partial charge in [0.05, 0.1) is 32.0 Å². The maximum absolute atomic E-state index is 10.8. The number of aliphatic hydroxyl groups excluding tert-OH is 1. The third-order valence-electron chi connectivity index (χ3n) is 5.63. The monoisotopic (exact) mass is 409 g/mol. The highest BCUT2D eigenvalue weighted by Gasteiger charge is 2.45. The maximum atomic E-state index is 10.8. The van der Waals surface area contributed by atoms with Gasteiger partial charge in [0.15, 0.2) is 0 Å². The molecular formula is C21H31NO5S. The number of rotatable bonds is 10. The summed E-state index contributed by atoms with van der Waals surface area (Å²) in [6.45, 7) is 3.69. The Morgan fingerprint density at radius 2 is 2.18 bits per heavy atom. The zero-order valence-electron chi connectivity index (χ0n) is 16.2. The Kier molecular flexibility index (Phi) is 8.48. The van der Waals surface area contributed by atoms with Gasteiger partial charge in [-0.25, -0.2) is 0 Å². The van der Waals surface area contributed by atoms with E-state index >= 15 is 0 Å². The summed E-state index contributed by atoms with van der Waals surface area (Å²) in [6.07, 6.45) is 6.95. The van der Waals surface area contributed by atoms with Crippen molar-refractivity contribution in [3.8, 4) is 0 Å². The Morgan fingerprint density at radius 1 is 1.36 bits per heavy atom. The summed E-state index contributed by atoms with van der Waals surface area (Å²) in [4.78, 5) is 13.0. The lowest BCUT2D eigenvalue weighted by atomic mass is 9.94. The smallest absolute Gasteiger partial charge is 0.303 e. The number of hydrogen-bond acceptors (Lipinski definition) is 6. The minimum atomic E-state index is -0.749. The molecule has 2 heterocycles. The number of morpholine rings is 1. The first kappa shape index (κ1) is 21.5. The van der Waals surface area contributed by atoms with Crippen LogP contribution in [0.5, 0.6) is 0 Å². The Morgan fingerprint density at radius 3 is 2.89 bits per heavy atom. The van der Waals surface area contributed by atoms with Crippen LogP contribution in [0, 0.1) is 5.92 Å². The fourth-order valence-electron chi connectivity index (χ4n) is 4.25. The number of thiophene rings is 1. The molecule has 2 aliphatic rings. The van der Waals surface area contributed by atoms with Crippen molar-refractivity contribution in [2.75, 3.05) is 26.3 Å². The quantitative estimate of drug-likeness (QED) is 0.457. The van der Waals surface area contributed by atoms with Crippen molar-refractivity contribution in [1.82, 2.24) is 4.90 Å². The van der Waals surface area contributed by atoms with Crippen molar-refractivity contribution in [3.63, 3.8) is 0 Å². The van der Waals surface area contributed by atoms with Gasteiger partial charge in [-0.15, -0.1) is 0 Å². The highest BCUT2D eigenvalue weighted by molar-refractivity contribution is 7.07. The van der Waals surface area contributed by atoms with Crippen LogP contribution in [-0.2, 0) is 20.9 Å². The lowest BCUT2D eigenvalue weighted by Crippen LogP contribution is -2.50. The highest BCUT2D eigenvalue weighted by Crippen LogP contribution is 2.36. The molecule has 4 atom stereocenters. The van der Waals surface area contributed by atoms with Gasteiger partial charge in [0, 0.05) is 37.9 Å². The van der Waals surface area contributed by atoms with Crippen LogP contribution >= 0.6 is 11.3 Å². The van der Waals surface area contributed by atoms with Gasteiger partial charge in [-0.1, -0.05) is 12.2 Å². The van der Waals surface area contributed by atoms with Crippen LogP contribution in [0.4, 0.5) is 0 Å². The summed E-state index contributed by atoms with van der Waals surface area (Å²) in [5.41, 5.74) is 1.18. The first-order valence-corrected chi connectivity index (χ1v) is 11.1. The predicted molar refractivity (Wildman–Crippen MR) is 108 cm³/mol. The third-order valence-corrected chi connectivity index (χ3v) is 6.36. The summed E-state index contributed by atoms with van der Waals surface area (Å²) >= 11 is 1.67. The van der Waals surface area contributed by atoms with Crippen molar-refractivity contribution >= 4 is 17.3 Å². The number of aliphatic hydroxyl groups is 1. The highest BCUT2D eigenvalue weighted by atomic mass is 32.1. The van der Waals surface area contributed by atoms with E-state index in [0.29, 0.717) is 32.7 Å². The molecule has 2 N–H and O–H groups in total. The minimum Gasteiger partial charge on any atom is -0.481 e. The topological polar surface area (TPSA) is 79.2 Å². The maximum Gasteiger partial charge on any atom is 0.303 e. The Bertz CT molecular complexity index is 614. The molecule has 0 amide bonds. The van der Waals surface area contributed by atoms with Crippen molar-refractivity contribution < 1.29 is 24.5 Å². The van der Waals surface area contributed by atoms with Crippen molar-refractivity contribution in [3.05, 3.63) is 34.5 Å². The molecule has 1 saturated heterocycles. The van der Waals surface area contributed by atoms with Crippen LogP contribution in [0.2, 0.25) is 0 Å². The molecule has 1 aliphatic carbocycles. The number of carboxylic acids is 1. The molecule has 1 aromatic heterocycles. The van der Waals surface area contributed by atoms with Gasteiger partial charge in [-0.3, -0.25) is 9.69 Å². The summed E-state index contributed by atoms with van der Waals surface area (Å²) in [7, 11) is 0. The molecule has 156 valence electrons. The molecule has 0 aromatic carbocycles. The van der Waals surface area contributed by atoms with E-state index in [9.17, 15) is 9.90 Å². The van der Waals surface area contributed by atoms with E-state index in [2.05, 4.69) is 33.9 Å². The summed E-state index contributed by atoms with van der Waals surface area (Å²) in [6, 6.07) is 2.16. The van der Waals surface area contributed by atoms with Crippen LogP contribution in [0.1, 0.15) is 37.7 Å². The van der Waals surface area contributed by atoms with E-state index in [1.807, 2.05) is 0 Å². The zero-order valence-corrected chi connectivity index (χ0v) is 17.1. The number of ether oxygens (including phenoxy) is 2. The molecule has 0 spiro atoms. The van der Waals surface area contributed by atoms with Gasteiger partial charge in [0.2, 0.25) is 0 Å². The van der Waals surface area contributed by atoms with Gasteiger partial charge in [0.25, 0.3) is 0 Å². The summed E-state index contributed by atoms with van der Waals surface area (Å²) in [5, 5.41) is 23.7. The Labute approximate surface area is 170 Å². The summed E-state index contributed by atoms with van der Waals surface area (Å²) in [5.74, 6) is -0.524. The second kappa shape index (κ2) is 11.1. The van der Waals surface area contributed by atoms with E-state index in [0.717, 1.165) is 25.9 Å². The fraction of sp³-hybridized carbons (Fsp3) is 0.667. The number of nitrogens with zero attached hydrogens (tertiary/aromatic N) is 1. The van der Waals surface area contributed by atoms with E-state index in [-0.39, 0.29) is 24.5 Å². The Hall–Kier alpha value is -1.25. The molecule has 0 bridgehead atoms. The lowest BCUT2D eigenvalue weighted by Gasteiger charge is -2.37. The standard InChI is InChI=1S/C21H31NO5S/c23-18-13-19(27-14-16-7-12-28-15-16)17(5-3-1-2-4-6-20(24)25)21(18)22-8-10-26-11-9-22/h1,3,7,12,15,17-19,21,23H,2,4-6,8-11,13-14H2,(H,24,25). The average Bonchev–Trinajstić information content (AvgIpc) is 3.31. The second-order valence-corrected chi connectivity index (χ2v) is 8.36. The van der Waals surface area contributed by atoms with Crippen molar-refractivity contribution in [1.29, 1.82) is 0 Å². The van der Waals surface area contributed by atoms with Crippen LogP contribution < -0.4 is 0 Å². The van der Waals surface area contributed by atoms with E-state index in [1.165, 1.54) is 5.56 Å². The molecule has 1 saturated carbocycles. The zero-order chi connectivity index (χ0) is 19.8. The first-order valence-electron chi connectivity index (χ1n) is 10.1. The van der Waals surface area contributed by atoms with Gasteiger partial charge >= 0.3 is 5.97 Å². The molecule has 2 fully saturated rings. The average molecular weight is 410 g/mol. The van der Waals surface area contributed by atoms with E-state index in [1.54, 1.807) is 11.3 Å². The van der Waals surface area contributed by atoms with Gasteiger partial charge in [-0.2, -0.15) is 11.3 Å². The molecule has 1 aromatic rings.